The Morgan fingerprint density at radius 2 is 1.75 bits per heavy atom. The lowest BCUT2D eigenvalue weighted by atomic mass is 10.1. The quantitative estimate of drug-likeness (QED) is 0.599. The van der Waals surface area contributed by atoms with Crippen molar-refractivity contribution in [2.75, 3.05) is 0 Å². The molecule has 2 nitrogen and oxygen atoms in total. The molecule has 0 aliphatic rings. The van der Waals surface area contributed by atoms with E-state index in [1.54, 1.807) is 0 Å². The maximum atomic E-state index is 4.51. The van der Waals surface area contributed by atoms with Crippen LogP contribution in [0.25, 0.3) is 16.8 Å². The minimum absolute atomic E-state index is 1.04. The van der Waals surface area contributed by atoms with Crippen LogP contribution in [0.3, 0.4) is 0 Å². The predicted molar refractivity (Wildman–Crippen MR) is 65.4 cm³/mol. The lowest BCUT2D eigenvalue weighted by Gasteiger charge is -2.04. The third-order valence-electron chi connectivity index (χ3n) is 2.68. The van der Waals surface area contributed by atoms with E-state index in [0.717, 1.165) is 16.9 Å². The molecule has 0 aliphatic carbocycles. The van der Waals surface area contributed by atoms with Gasteiger partial charge in [0.25, 0.3) is 0 Å². The van der Waals surface area contributed by atoms with Crippen LogP contribution in [0.2, 0.25) is 0 Å². The minimum atomic E-state index is 1.04. The number of aromatic nitrogens is 2. The summed E-state index contributed by atoms with van der Waals surface area (Å²) in [5.41, 5.74) is 4.50. The van der Waals surface area contributed by atoms with Crippen molar-refractivity contribution in [3.63, 3.8) is 0 Å². The molecule has 0 spiro atoms. The molecule has 0 saturated heterocycles. The highest BCUT2D eigenvalue weighted by atomic mass is 15.2. The standard InChI is InChI=1S/C14H12N2/c1-11-10-13-8-5-9-14(16(13)15-11)12-6-3-2-4-7-12/h2-10H,1H3. The highest BCUT2D eigenvalue weighted by Gasteiger charge is 2.04. The Hall–Kier alpha value is -2.09. The summed E-state index contributed by atoms with van der Waals surface area (Å²) >= 11 is 0. The highest BCUT2D eigenvalue weighted by molar-refractivity contribution is 5.64. The van der Waals surface area contributed by atoms with Gasteiger partial charge in [-0.2, -0.15) is 5.10 Å². The van der Waals surface area contributed by atoms with Crippen molar-refractivity contribution in [1.82, 2.24) is 9.61 Å². The van der Waals surface area contributed by atoms with Gasteiger partial charge in [0, 0.05) is 5.56 Å². The molecular weight excluding hydrogens is 196 g/mol. The molecule has 0 unspecified atom stereocenters. The molecule has 3 aromatic rings. The lowest BCUT2D eigenvalue weighted by Crippen LogP contribution is -1.93. The van der Waals surface area contributed by atoms with Crippen molar-refractivity contribution in [3.05, 3.63) is 60.3 Å². The van der Waals surface area contributed by atoms with Crippen LogP contribution < -0.4 is 0 Å². The van der Waals surface area contributed by atoms with Crippen molar-refractivity contribution < 1.29 is 0 Å². The van der Waals surface area contributed by atoms with Crippen molar-refractivity contribution in [2.45, 2.75) is 6.92 Å². The minimum Gasteiger partial charge on any atom is -0.233 e. The van der Waals surface area contributed by atoms with Crippen LogP contribution in [0.15, 0.2) is 54.6 Å². The van der Waals surface area contributed by atoms with Gasteiger partial charge in [0.05, 0.1) is 16.9 Å². The van der Waals surface area contributed by atoms with E-state index < -0.39 is 0 Å². The smallest absolute Gasteiger partial charge is 0.0725 e. The molecule has 0 atom stereocenters. The van der Waals surface area contributed by atoms with Gasteiger partial charge in [-0.1, -0.05) is 36.4 Å². The van der Waals surface area contributed by atoms with Crippen LogP contribution in [0, 0.1) is 6.92 Å². The molecule has 0 bridgehead atoms. The number of hydrogen-bond acceptors (Lipinski definition) is 1. The van der Waals surface area contributed by atoms with E-state index in [4.69, 9.17) is 0 Å². The van der Waals surface area contributed by atoms with E-state index >= 15 is 0 Å². The summed E-state index contributed by atoms with van der Waals surface area (Å²) in [5.74, 6) is 0. The van der Waals surface area contributed by atoms with Crippen LogP contribution in [-0.4, -0.2) is 9.61 Å². The largest absolute Gasteiger partial charge is 0.233 e. The van der Waals surface area contributed by atoms with Gasteiger partial charge in [0.1, 0.15) is 0 Å². The molecule has 0 amide bonds. The summed E-state index contributed by atoms with van der Waals surface area (Å²) < 4.78 is 1.99. The van der Waals surface area contributed by atoms with Crippen molar-refractivity contribution in [2.24, 2.45) is 0 Å². The average molecular weight is 208 g/mol. The Bertz CT molecular complexity index is 624. The highest BCUT2D eigenvalue weighted by Crippen LogP contribution is 2.20. The summed E-state index contributed by atoms with van der Waals surface area (Å²) in [6.45, 7) is 2.02. The van der Waals surface area contributed by atoms with E-state index in [-0.39, 0.29) is 0 Å². The molecule has 16 heavy (non-hydrogen) atoms. The summed E-state index contributed by atoms with van der Waals surface area (Å²) in [6.07, 6.45) is 0. The molecule has 0 aliphatic heterocycles. The van der Waals surface area contributed by atoms with Gasteiger partial charge in [-0.25, -0.2) is 4.52 Å². The van der Waals surface area contributed by atoms with Gasteiger partial charge in [-0.05, 0) is 25.1 Å². The number of rotatable bonds is 1. The Labute approximate surface area is 94.2 Å². The number of benzene rings is 1. The molecule has 2 heteroatoms. The van der Waals surface area contributed by atoms with Crippen LogP contribution >= 0.6 is 0 Å². The van der Waals surface area contributed by atoms with E-state index in [9.17, 15) is 0 Å². The Morgan fingerprint density at radius 1 is 0.938 bits per heavy atom. The maximum absolute atomic E-state index is 4.51. The van der Waals surface area contributed by atoms with Gasteiger partial charge in [0.15, 0.2) is 0 Å². The zero-order valence-electron chi connectivity index (χ0n) is 9.09. The van der Waals surface area contributed by atoms with E-state index in [1.165, 1.54) is 5.56 Å². The Kier molecular flexibility index (Phi) is 2.00. The normalized spacial score (nSPS) is 10.8. The van der Waals surface area contributed by atoms with Crippen LogP contribution in [-0.2, 0) is 0 Å². The van der Waals surface area contributed by atoms with Crippen LogP contribution in [0.5, 0.6) is 0 Å². The summed E-state index contributed by atoms with van der Waals surface area (Å²) in [4.78, 5) is 0. The second-order valence-corrected chi connectivity index (χ2v) is 3.90. The maximum Gasteiger partial charge on any atom is 0.0725 e. The second kappa shape index (κ2) is 3.49. The molecular formula is C14H12N2. The fourth-order valence-corrected chi connectivity index (χ4v) is 1.97. The molecule has 3 rings (SSSR count). The SMILES string of the molecule is Cc1cc2cccc(-c3ccccc3)n2n1. The third kappa shape index (κ3) is 1.39. The molecule has 1 aromatic carbocycles. The van der Waals surface area contributed by atoms with E-state index in [1.807, 2.05) is 29.6 Å². The molecule has 0 saturated carbocycles. The first-order valence-corrected chi connectivity index (χ1v) is 5.35. The predicted octanol–water partition coefficient (Wildman–Crippen LogP) is 3.31. The summed E-state index contributed by atoms with van der Waals surface area (Å²) in [7, 11) is 0. The number of aryl methyl sites for hydroxylation is 1. The van der Waals surface area contributed by atoms with Gasteiger partial charge in [0.2, 0.25) is 0 Å². The van der Waals surface area contributed by atoms with Gasteiger partial charge in [-0.15, -0.1) is 0 Å². The zero-order chi connectivity index (χ0) is 11.0. The van der Waals surface area contributed by atoms with Crippen LogP contribution in [0.1, 0.15) is 5.69 Å². The fourth-order valence-electron chi connectivity index (χ4n) is 1.97. The van der Waals surface area contributed by atoms with Gasteiger partial charge < -0.3 is 0 Å². The number of fused-ring (bicyclic) bond motifs is 1. The molecule has 0 fully saturated rings. The number of hydrogen-bond donors (Lipinski definition) is 0. The Morgan fingerprint density at radius 3 is 2.56 bits per heavy atom. The van der Waals surface area contributed by atoms with Crippen molar-refractivity contribution >= 4 is 5.52 Å². The first-order valence-electron chi connectivity index (χ1n) is 5.35. The molecule has 0 radical (unpaired) electrons. The van der Waals surface area contributed by atoms with E-state index in [0.29, 0.717) is 0 Å². The number of nitrogens with zero attached hydrogens (tertiary/aromatic N) is 2. The fraction of sp³-hybridized carbons (Fsp3) is 0.0714. The third-order valence-corrected chi connectivity index (χ3v) is 2.68. The summed E-state index contributed by atoms with van der Waals surface area (Å²) in [5, 5.41) is 4.51. The second-order valence-electron chi connectivity index (χ2n) is 3.90. The first kappa shape index (κ1) is 9.16. The number of pyridine rings is 1. The van der Waals surface area contributed by atoms with Gasteiger partial charge >= 0.3 is 0 Å². The molecule has 0 N–H and O–H groups in total. The Balaban J connectivity index is 2.31. The molecule has 2 aromatic heterocycles. The summed E-state index contributed by atoms with van der Waals surface area (Å²) in [6, 6.07) is 18.6. The van der Waals surface area contributed by atoms with Crippen molar-refractivity contribution in [3.8, 4) is 11.3 Å². The lowest BCUT2D eigenvalue weighted by molar-refractivity contribution is 0.942. The average Bonchev–Trinajstić information content (AvgIpc) is 2.70. The van der Waals surface area contributed by atoms with Crippen molar-refractivity contribution in [1.29, 1.82) is 0 Å². The van der Waals surface area contributed by atoms with E-state index in [2.05, 4.69) is 41.5 Å². The topological polar surface area (TPSA) is 17.3 Å². The molecule has 2 heterocycles. The van der Waals surface area contributed by atoms with Gasteiger partial charge in [-0.3, -0.25) is 0 Å². The zero-order valence-corrected chi connectivity index (χ0v) is 9.09. The first-order chi connectivity index (χ1) is 7.84. The molecule has 78 valence electrons. The van der Waals surface area contributed by atoms with Crippen LogP contribution in [0.4, 0.5) is 0 Å². The monoisotopic (exact) mass is 208 g/mol.